The largest absolute Gasteiger partial charge is 0.392 e. The minimum absolute atomic E-state index is 0.000313. The number of thioether (sulfide) groups is 1. The molecule has 3 aromatic carbocycles. The lowest BCUT2D eigenvalue weighted by Crippen LogP contribution is -2.45. The van der Waals surface area contributed by atoms with Crippen LogP contribution in [-0.2, 0) is 26.7 Å². The predicted molar refractivity (Wildman–Crippen MR) is 162 cm³/mol. The highest BCUT2D eigenvalue weighted by Gasteiger charge is 2.37. The van der Waals surface area contributed by atoms with Crippen molar-refractivity contribution >= 4 is 37.5 Å². The molecule has 2 N–H and O–H groups in total. The van der Waals surface area contributed by atoms with Crippen molar-refractivity contribution < 1.29 is 27.0 Å². The summed E-state index contributed by atoms with van der Waals surface area (Å²) in [5, 5.41) is 20.7. The highest BCUT2D eigenvalue weighted by atomic mass is 32.2. The highest BCUT2D eigenvalue weighted by molar-refractivity contribution is 8.00. The molecule has 0 saturated carbocycles. The number of hydrogen-bond acceptors (Lipinski definition) is 7. The molecule has 0 aliphatic rings. The van der Waals surface area contributed by atoms with Gasteiger partial charge in [-0.15, -0.1) is 11.8 Å². The van der Waals surface area contributed by atoms with Gasteiger partial charge in [-0.1, -0.05) is 53.6 Å². The van der Waals surface area contributed by atoms with Crippen molar-refractivity contribution in [3.63, 3.8) is 0 Å². The molecule has 4 rings (SSSR count). The smallest absolute Gasteiger partial charge is 0.267 e. The van der Waals surface area contributed by atoms with Gasteiger partial charge >= 0.3 is 0 Å². The number of aryl methyl sites for hydroxylation is 2. The average molecular weight is 615 g/mol. The van der Waals surface area contributed by atoms with Gasteiger partial charge in [0.05, 0.1) is 32.9 Å². The fourth-order valence-corrected chi connectivity index (χ4v) is 8.14. The lowest BCUT2D eigenvalue weighted by molar-refractivity contribution is 0.0801. The molecular formula is C30H34N2O6S3. The lowest BCUT2D eigenvalue weighted by atomic mass is 10.1. The van der Waals surface area contributed by atoms with Crippen molar-refractivity contribution in [1.82, 2.24) is 3.97 Å². The second-order valence-corrected chi connectivity index (χ2v) is 15.4. The molecule has 0 bridgehead atoms. The number of benzene rings is 3. The molecular weight excluding hydrogens is 581 g/mol. The summed E-state index contributed by atoms with van der Waals surface area (Å²) in [6.45, 7) is 6.07. The summed E-state index contributed by atoms with van der Waals surface area (Å²) in [4.78, 5) is 0.852. The maximum absolute atomic E-state index is 14.2. The van der Waals surface area contributed by atoms with E-state index in [9.17, 15) is 27.0 Å². The molecule has 0 unspecified atom stereocenters. The first-order chi connectivity index (χ1) is 19.2. The zero-order valence-electron chi connectivity index (χ0n) is 23.3. The van der Waals surface area contributed by atoms with E-state index in [4.69, 9.17) is 0 Å². The molecule has 0 spiro atoms. The average Bonchev–Trinajstić information content (AvgIpc) is 3.36. The van der Waals surface area contributed by atoms with Crippen molar-refractivity contribution in [2.24, 2.45) is 0 Å². The second kappa shape index (κ2) is 12.0. The van der Waals surface area contributed by atoms with Gasteiger partial charge in [0, 0.05) is 29.4 Å². The van der Waals surface area contributed by atoms with Crippen LogP contribution < -0.4 is 4.31 Å². The Morgan fingerprint density at radius 3 is 1.88 bits per heavy atom. The third-order valence-corrected chi connectivity index (χ3v) is 11.6. The summed E-state index contributed by atoms with van der Waals surface area (Å²) in [6, 6.07) is 21.9. The van der Waals surface area contributed by atoms with Crippen molar-refractivity contribution in [3.05, 3.63) is 108 Å². The van der Waals surface area contributed by atoms with E-state index in [0.717, 1.165) is 24.3 Å². The van der Waals surface area contributed by atoms with Gasteiger partial charge in [-0.25, -0.2) is 20.8 Å². The number of aromatic nitrogens is 1. The first-order valence-electron chi connectivity index (χ1n) is 12.9. The van der Waals surface area contributed by atoms with Crippen LogP contribution in [0.1, 0.15) is 30.5 Å². The number of aliphatic hydroxyl groups is 2. The summed E-state index contributed by atoms with van der Waals surface area (Å²) < 4.78 is 57.4. The predicted octanol–water partition coefficient (Wildman–Crippen LogP) is 4.96. The van der Waals surface area contributed by atoms with E-state index in [1.54, 1.807) is 38.1 Å². The number of rotatable bonds is 11. The molecule has 1 heterocycles. The monoisotopic (exact) mass is 614 g/mol. The van der Waals surface area contributed by atoms with Gasteiger partial charge in [-0.2, -0.15) is 0 Å². The van der Waals surface area contributed by atoms with E-state index in [1.165, 1.54) is 48.4 Å². The van der Waals surface area contributed by atoms with Crippen LogP contribution in [0.5, 0.6) is 0 Å². The Balaban J connectivity index is 1.87. The van der Waals surface area contributed by atoms with Crippen LogP contribution in [0, 0.1) is 13.8 Å². The maximum Gasteiger partial charge on any atom is 0.267 e. The molecule has 11 heteroatoms. The molecule has 0 radical (unpaired) electrons. The first-order valence-corrected chi connectivity index (χ1v) is 16.7. The Bertz CT molecular complexity index is 1690. The van der Waals surface area contributed by atoms with E-state index >= 15 is 0 Å². The van der Waals surface area contributed by atoms with E-state index in [2.05, 4.69) is 0 Å². The molecule has 0 amide bonds. The molecule has 4 aromatic rings. The van der Waals surface area contributed by atoms with Gasteiger partial charge in [0.15, 0.2) is 0 Å². The Hall–Kier alpha value is -3.09. The van der Waals surface area contributed by atoms with Crippen LogP contribution in [0.4, 0.5) is 5.69 Å². The Morgan fingerprint density at radius 1 is 0.829 bits per heavy atom. The lowest BCUT2D eigenvalue weighted by Gasteiger charge is -2.34. The minimum Gasteiger partial charge on any atom is -0.392 e. The third kappa shape index (κ3) is 6.87. The summed E-state index contributed by atoms with van der Waals surface area (Å²) in [5.41, 5.74) is 0.535. The van der Waals surface area contributed by atoms with Gasteiger partial charge in [0.1, 0.15) is 0 Å². The Morgan fingerprint density at radius 2 is 1.37 bits per heavy atom. The standard InChI is InChI=1S/C30H34N2O6S3/c1-22-10-14-26(15-11-22)40(35,36)31-18-24(21-33)28(19-31)32(41(37,38)27-16-12-23(2)13-17-27)20-29(30(3,4)34)39-25-8-6-5-7-9-25/h5-19,29,33-34H,20-21H2,1-4H3/t29-/m1/s1. The molecule has 8 nitrogen and oxygen atoms in total. The number of sulfonamides is 1. The zero-order valence-corrected chi connectivity index (χ0v) is 25.7. The molecule has 1 atom stereocenters. The van der Waals surface area contributed by atoms with E-state index in [1.807, 2.05) is 44.2 Å². The molecule has 218 valence electrons. The van der Waals surface area contributed by atoms with Crippen LogP contribution >= 0.6 is 11.8 Å². The van der Waals surface area contributed by atoms with Gasteiger partial charge in [-0.05, 0) is 64.1 Å². The van der Waals surface area contributed by atoms with Crippen molar-refractivity contribution in [1.29, 1.82) is 0 Å². The number of hydrogen-bond donors (Lipinski definition) is 2. The van der Waals surface area contributed by atoms with Gasteiger partial charge in [0.25, 0.3) is 20.0 Å². The van der Waals surface area contributed by atoms with Gasteiger partial charge in [0.2, 0.25) is 0 Å². The SMILES string of the molecule is Cc1ccc(S(=O)(=O)N(C[C@@H](Sc2ccccc2)C(C)(C)O)c2cn(S(=O)(=O)c3ccc(C)cc3)cc2CO)cc1. The summed E-state index contributed by atoms with van der Waals surface area (Å²) in [7, 11) is -8.36. The van der Waals surface area contributed by atoms with Crippen LogP contribution in [0.25, 0.3) is 0 Å². The molecule has 0 saturated heterocycles. The quantitative estimate of drug-likeness (QED) is 0.229. The highest BCUT2D eigenvalue weighted by Crippen LogP contribution is 2.36. The van der Waals surface area contributed by atoms with Crippen molar-refractivity contribution in [3.8, 4) is 0 Å². The molecule has 41 heavy (non-hydrogen) atoms. The fraction of sp³-hybridized carbons (Fsp3) is 0.267. The summed E-state index contributed by atoms with van der Waals surface area (Å²) in [6.07, 6.45) is 2.44. The number of aliphatic hydroxyl groups excluding tert-OH is 1. The normalized spacial score (nSPS) is 13.2. The zero-order chi connectivity index (χ0) is 30.0. The fourth-order valence-electron chi connectivity index (χ4n) is 4.16. The van der Waals surface area contributed by atoms with E-state index in [-0.39, 0.29) is 27.6 Å². The number of anilines is 1. The summed E-state index contributed by atoms with van der Waals surface area (Å²) in [5.74, 6) is 0. The second-order valence-electron chi connectivity index (χ2n) is 10.4. The van der Waals surface area contributed by atoms with Gasteiger partial charge in [-0.3, -0.25) is 4.31 Å². The maximum atomic E-state index is 14.2. The molecule has 0 fully saturated rings. The summed E-state index contributed by atoms with van der Waals surface area (Å²) >= 11 is 1.31. The topological polar surface area (TPSA) is 117 Å². The van der Waals surface area contributed by atoms with Crippen LogP contribution in [-0.4, -0.2) is 48.4 Å². The molecule has 1 aromatic heterocycles. The minimum atomic E-state index is -4.26. The van der Waals surface area contributed by atoms with Crippen LogP contribution in [0.2, 0.25) is 0 Å². The Labute approximate surface area is 246 Å². The van der Waals surface area contributed by atoms with Crippen LogP contribution in [0.3, 0.4) is 0 Å². The van der Waals surface area contributed by atoms with Crippen LogP contribution in [0.15, 0.2) is 106 Å². The van der Waals surface area contributed by atoms with E-state index in [0.29, 0.717) is 0 Å². The van der Waals surface area contributed by atoms with E-state index < -0.39 is 37.5 Å². The first kappa shape index (κ1) is 30.9. The van der Waals surface area contributed by atoms with Crippen molar-refractivity contribution in [2.45, 2.75) is 59.8 Å². The van der Waals surface area contributed by atoms with Gasteiger partial charge < -0.3 is 10.2 Å². The van der Waals surface area contributed by atoms with Crippen molar-refractivity contribution in [2.75, 3.05) is 10.8 Å². The molecule has 0 aliphatic carbocycles. The molecule has 0 aliphatic heterocycles. The Kier molecular flexibility index (Phi) is 9.05. The number of nitrogens with zero attached hydrogens (tertiary/aromatic N) is 2. The third-order valence-electron chi connectivity index (χ3n) is 6.65.